The van der Waals surface area contributed by atoms with Crippen LogP contribution in [0.2, 0.25) is 0 Å². The van der Waals surface area contributed by atoms with Crippen LogP contribution in [0, 0.1) is 0 Å². The van der Waals surface area contributed by atoms with Gasteiger partial charge in [-0.05, 0) is 24.6 Å². The molecule has 0 aliphatic carbocycles. The summed E-state index contributed by atoms with van der Waals surface area (Å²) in [5, 5.41) is 5.93. The lowest BCUT2D eigenvalue weighted by atomic mass is 10.2. The number of carbonyl (C=O) groups is 1. The van der Waals surface area contributed by atoms with Crippen molar-refractivity contribution in [2.24, 2.45) is 4.99 Å². The van der Waals surface area contributed by atoms with Crippen molar-refractivity contribution < 1.29 is 27.4 Å². The molecule has 160 valence electrons. The van der Waals surface area contributed by atoms with Gasteiger partial charge in [0.25, 0.3) is 0 Å². The highest BCUT2D eigenvalue weighted by Crippen LogP contribution is 2.30. The van der Waals surface area contributed by atoms with Crippen LogP contribution in [0.5, 0.6) is 11.5 Å². The van der Waals surface area contributed by atoms with Gasteiger partial charge in [-0.2, -0.15) is 13.2 Å². The van der Waals surface area contributed by atoms with Gasteiger partial charge in [-0.15, -0.1) is 24.0 Å². The number of halogens is 4. The topological polar surface area (TPSA) is 75.2 Å². The van der Waals surface area contributed by atoms with Crippen molar-refractivity contribution in [1.29, 1.82) is 0 Å². The highest BCUT2D eigenvalue weighted by molar-refractivity contribution is 14.0. The summed E-state index contributed by atoms with van der Waals surface area (Å²) in [6, 6.07) is 4.57. The normalized spacial score (nSPS) is 11.3. The number of nitrogens with zero attached hydrogens (tertiary/aromatic N) is 2. The third-order valence-electron chi connectivity index (χ3n) is 3.29. The Labute approximate surface area is 179 Å². The SMILES string of the molecule is CCNC(=NCc1ccc(OCC(F)(F)F)c(OC)c1)NCC(=O)N(C)C.I. The van der Waals surface area contributed by atoms with E-state index in [1.165, 1.54) is 18.1 Å². The average Bonchev–Trinajstić information content (AvgIpc) is 2.61. The minimum atomic E-state index is -4.43. The molecule has 0 aromatic heterocycles. The molecular formula is C17H26F3IN4O3. The third kappa shape index (κ3) is 9.85. The predicted octanol–water partition coefficient (Wildman–Crippen LogP) is 2.40. The zero-order chi connectivity index (χ0) is 20.4. The Hall–Kier alpha value is -1.92. The van der Waals surface area contributed by atoms with Crippen LogP contribution in [-0.4, -0.2) is 63.8 Å². The molecule has 0 spiro atoms. The lowest BCUT2D eigenvalue weighted by molar-refractivity contribution is -0.153. The Morgan fingerprint density at radius 3 is 2.43 bits per heavy atom. The van der Waals surface area contributed by atoms with Crippen LogP contribution in [-0.2, 0) is 11.3 Å². The van der Waals surface area contributed by atoms with Gasteiger partial charge in [0.2, 0.25) is 5.91 Å². The summed E-state index contributed by atoms with van der Waals surface area (Å²) in [5.74, 6) is 0.536. The Kier molecular flexibility index (Phi) is 11.7. The Morgan fingerprint density at radius 2 is 1.89 bits per heavy atom. The zero-order valence-electron chi connectivity index (χ0n) is 16.2. The second-order valence-corrected chi connectivity index (χ2v) is 5.73. The first-order valence-electron chi connectivity index (χ1n) is 8.25. The number of amides is 1. The van der Waals surface area contributed by atoms with E-state index in [-0.39, 0.29) is 54.5 Å². The highest BCUT2D eigenvalue weighted by Gasteiger charge is 2.29. The van der Waals surface area contributed by atoms with Gasteiger partial charge in [0.15, 0.2) is 24.1 Å². The number of aliphatic imine (C=N–C) groups is 1. The summed E-state index contributed by atoms with van der Waals surface area (Å²) < 4.78 is 46.7. The van der Waals surface area contributed by atoms with Crippen molar-refractivity contribution in [2.45, 2.75) is 19.6 Å². The number of nitrogens with one attached hydrogen (secondary N) is 2. The molecule has 1 rings (SSSR count). The summed E-state index contributed by atoms with van der Waals surface area (Å²) >= 11 is 0. The molecule has 1 aromatic carbocycles. The van der Waals surface area contributed by atoms with Gasteiger partial charge in [-0.25, -0.2) is 4.99 Å². The minimum Gasteiger partial charge on any atom is -0.493 e. The molecule has 0 radical (unpaired) electrons. The maximum Gasteiger partial charge on any atom is 0.422 e. The van der Waals surface area contributed by atoms with Gasteiger partial charge >= 0.3 is 6.18 Å². The lowest BCUT2D eigenvalue weighted by Gasteiger charge is -2.15. The molecule has 11 heteroatoms. The molecule has 0 bridgehead atoms. The van der Waals surface area contributed by atoms with E-state index in [2.05, 4.69) is 15.6 Å². The quantitative estimate of drug-likeness (QED) is 0.314. The molecule has 0 saturated heterocycles. The average molecular weight is 518 g/mol. The fourth-order valence-corrected chi connectivity index (χ4v) is 1.92. The Bertz CT molecular complexity index is 655. The van der Waals surface area contributed by atoms with Gasteiger partial charge in [-0.1, -0.05) is 6.07 Å². The molecule has 0 saturated carbocycles. The molecule has 0 unspecified atom stereocenters. The van der Waals surface area contributed by atoms with E-state index in [9.17, 15) is 18.0 Å². The fraction of sp³-hybridized carbons (Fsp3) is 0.529. The number of benzene rings is 1. The number of methoxy groups -OCH3 is 1. The van der Waals surface area contributed by atoms with Gasteiger partial charge in [-0.3, -0.25) is 4.79 Å². The van der Waals surface area contributed by atoms with Gasteiger partial charge in [0.05, 0.1) is 20.2 Å². The van der Waals surface area contributed by atoms with Gasteiger partial charge < -0.3 is 25.0 Å². The summed E-state index contributed by atoms with van der Waals surface area (Å²) in [4.78, 5) is 17.5. The summed E-state index contributed by atoms with van der Waals surface area (Å²) in [6.45, 7) is 1.43. The van der Waals surface area contributed by atoms with Crippen molar-refractivity contribution in [3.63, 3.8) is 0 Å². The Balaban J connectivity index is 0.00000729. The van der Waals surface area contributed by atoms with E-state index in [1.807, 2.05) is 6.92 Å². The standard InChI is InChI=1S/C17H25F3N4O3.HI/c1-5-21-16(23-10-15(25)24(2)3)22-9-12-6-7-13(14(8-12)26-4)27-11-17(18,19)20;/h6-8H,5,9-11H2,1-4H3,(H2,21,22,23);1H. The molecule has 0 atom stereocenters. The summed E-state index contributed by atoms with van der Waals surface area (Å²) in [6.07, 6.45) is -4.43. The number of rotatable bonds is 8. The number of carbonyl (C=O) groups excluding carboxylic acids is 1. The number of ether oxygens (including phenoxy) is 2. The van der Waals surface area contributed by atoms with Crippen molar-refractivity contribution >= 4 is 35.8 Å². The first-order chi connectivity index (χ1) is 12.7. The first-order valence-corrected chi connectivity index (χ1v) is 8.25. The number of hydrogen-bond donors (Lipinski definition) is 2. The van der Waals surface area contributed by atoms with Crippen LogP contribution in [0.1, 0.15) is 12.5 Å². The number of guanidine groups is 1. The second-order valence-electron chi connectivity index (χ2n) is 5.73. The molecule has 0 aliphatic rings. The lowest BCUT2D eigenvalue weighted by Crippen LogP contribution is -2.42. The molecule has 1 amide bonds. The first kappa shape index (κ1) is 26.1. The predicted molar refractivity (Wildman–Crippen MR) is 111 cm³/mol. The molecule has 1 aromatic rings. The van der Waals surface area contributed by atoms with Crippen LogP contribution in [0.4, 0.5) is 13.2 Å². The van der Waals surface area contributed by atoms with Crippen molar-refractivity contribution in [1.82, 2.24) is 15.5 Å². The molecule has 0 aliphatic heterocycles. The number of hydrogen-bond acceptors (Lipinski definition) is 4. The highest BCUT2D eigenvalue weighted by atomic mass is 127. The van der Waals surface area contributed by atoms with E-state index in [0.29, 0.717) is 18.1 Å². The zero-order valence-corrected chi connectivity index (χ0v) is 18.6. The van der Waals surface area contributed by atoms with Crippen LogP contribution in [0.25, 0.3) is 0 Å². The minimum absolute atomic E-state index is 0. The maximum atomic E-state index is 12.3. The van der Waals surface area contributed by atoms with E-state index >= 15 is 0 Å². The van der Waals surface area contributed by atoms with Crippen molar-refractivity contribution in [3.05, 3.63) is 23.8 Å². The third-order valence-corrected chi connectivity index (χ3v) is 3.29. The Morgan fingerprint density at radius 1 is 1.21 bits per heavy atom. The van der Waals surface area contributed by atoms with Gasteiger partial charge in [0.1, 0.15) is 0 Å². The van der Waals surface area contributed by atoms with Crippen LogP contribution in [0.3, 0.4) is 0 Å². The van der Waals surface area contributed by atoms with E-state index in [0.717, 1.165) is 0 Å². The van der Waals surface area contributed by atoms with Crippen LogP contribution < -0.4 is 20.1 Å². The summed E-state index contributed by atoms with van der Waals surface area (Å²) in [7, 11) is 4.66. The van der Waals surface area contributed by atoms with E-state index in [4.69, 9.17) is 9.47 Å². The van der Waals surface area contributed by atoms with Gasteiger partial charge in [0, 0.05) is 20.6 Å². The molecular weight excluding hydrogens is 492 g/mol. The number of alkyl halides is 3. The molecule has 0 fully saturated rings. The largest absolute Gasteiger partial charge is 0.493 e. The second kappa shape index (κ2) is 12.5. The van der Waals surface area contributed by atoms with E-state index in [1.54, 1.807) is 26.2 Å². The molecule has 28 heavy (non-hydrogen) atoms. The molecule has 0 heterocycles. The number of likely N-dealkylation sites (N-methyl/N-ethyl adjacent to an activating group) is 1. The van der Waals surface area contributed by atoms with Crippen LogP contribution >= 0.6 is 24.0 Å². The van der Waals surface area contributed by atoms with Crippen LogP contribution in [0.15, 0.2) is 23.2 Å². The smallest absolute Gasteiger partial charge is 0.422 e. The molecule has 7 nitrogen and oxygen atoms in total. The maximum absolute atomic E-state index is 12.3. The van der Waals surface area contributed by atoms with Crippen molar-refractivity contribution in [3.8, 4) is 11.5 Å². The monoisotopic (exact) mass is 518 g/mol. The van der Waals surface area contributed by atoms with Crippen molar-refractivity contribution in [2.75, 3.05) is 40.9 Å². The molecule has 2 N–H and O–H groups in total. The van der Waals surface area contributed by atoms with E-state index < -0.39 is 12.8 Å². The fourth-order valence-electron chi connectivity index (χ4n) is 1.92. The summed E-state index contributed by atoms with van der Waals surface area (Å²) in [5.41, 5.74) is 0.711.